The van der Waals surface area contributed by atoms with E-state index in [1.807, 2.05) is 0 Å². The number of hydrogen-bond donors (Lipinski definition) is 7. The van der Waals surface area contributed by atoms with Gasteiger partial charge in [-0.1, -0.05) is 0 Å². The lowest BCUT2D eigenvalue weighted by Crippen LogP contribution is -2.36. The highest BCUT2D eigenvalue weighted by Crippen LogP contribution is 2.54. The SMILES string of the molecule is Nc1nc2c(ncn2C2OC3COP(=O)(O)OC4C(COP(=O)(O)OC2C3O)OC(c2cnc3c(N)ncnn23)C4O)c(=O)[nH]1. The first-order valence-electron chi connectivity index (χ1n) is 13.0. The number of rotatable bonds is 2. The minimum Gasteiger partial charge on any atom is -0.387 e. The van der Waals surface area contributed by atoms with Gasteiger partial charge in [0, 0.05) is 0 Å². The fraction of sp³-hybridized carbons (Fsp3) is 0.500. The quantitative estimate of drug-likeness (QED) is 0.108. The molecular weight excluding hydrogens is 650 g/mol. The van der Waals surface area contributed by atoms with Crippen LogP contribution in [0.15, 0.2) is 23.6 Å². The molecule has 10 unspecified atom stereocenters. The third-order valence-electron chi connectivity index (χ3n) is 7.33. The van der Waals surface area contributed by atoms with Crippen LogP contribution in [0.3, 0.4) is 0 Å². The summed E-state index contributed by atoms with van der Waals surface area (Å²) in [5.41, 5.74) is 10.7. The first-order valence-corrected chi connectivity index (χ1v) is 16.0. The van der Waals surface area contributed by atoms with Crippen molar-refractivity contribution in [3.05, 3.63) is 34.9 Å². The largest absolute Gasteiger partial charge is 0.472 e. The Hall–Kier alpha value is -3.44. The zero-order chi connectivity index (χ0) is 31.8. The lowest BCUT2D eigenvalue weighted by atomic mass is 10.1. The number of aromatic nitrogens is 8. The van der Waals surface area contributed by atoms with Gasteiger partial charge >= 0.3 is 15.6 Å². The number of aliphatic hydroxyl groups excluding tert-OH is 2. The molecule has 10 atom stereocenters. The second kappa shape index (κ2) is 10.8. The number of ether oxygens (including phenoxy) is 2. The molecule has 3 aliphatic heterocycles. The van der Waals surface area contributed by atoms with Crippen molar-refractivity contribution in [1.82, 2.24) is 39.1 Å². The molecule has 2 bridgehead atoms. The maximum Gasteiger partial charge on any atom is 0.472 e. The number of fused-ring (bicyclic) bond motifs is 5. The Labute approximate surface area is 248 Å². The highest BCUT2D eigenvalue weighted by molar-refractivity contribution is 7.47. The fourth-order valence-corrected chi connectivity index (χ4v) is 7.22. The summed E-state index contributed by atoms with van der Waals surface area (Å²) in [5, 5.41) is 26.2. The number of nitrogens with zero attached hydrogens (tertiary/aromatic N) is 7. The van der Waals surface area contributed by atoms with E-state index in [1.165, 1.54) is 10.7 Å². The highest BCUT2D eigenvalue weighted by atomic mass is 31.2. The van der Waals surface area contributed by atoms with Gasteiger partial charge in [-0.15, -0.1) is 0 Å². The van der Waals surface area contributed by atoms with Crippen molar-refractivity contribution in [1.29, 1.82) is 0 Å². The van der Waals surface area contributed by atoms with Crippen molar-refractivity contribution in [2.45, 2.75) is 49.0 Å². The molecule has 23 nitrogen and oxygen atoms in total. The number of H-pyrrole nitrogens is 1. The summed E-state index contributed by atoms with van der Waals surface area (Å²) in [4.78, 5) is 51.7. The molecule has 0 saturated carbocycles. The summed E-state index contributed by atoms with van der Waals surface area (Å²) in [6.07, 6.45) is -9.10. The molecule has 3 fully saturated rings. The van der Waals surface area contributed by atoms with E-state index in [9.17, 15) is 33.9 Å². The number of nitrogens with one attached hydrogen (secondary N) is 1. The highest BCUT2D eigenvalue weighted by Gasteiger charge is 2.54. The van der Waals surface area contributed by atoms with Crippen molar-refractivity contribution in [2.75, 3.05) is 24.7 Å². The van der Waals surface area contributed by atoms with E-state index in [2.05, 4.69) is 30.0 Å². The molecule has 3 saturated heterocycles. The molecule has 0 spiro atoms. The molecule has 4 aromatic rings. The van der Waals surface area contributed by atoms with Gasteiger partial charge in [0.05, 0.1) is 31.4 Å². The molecule has 45 heavy (non-hydrogen) atoms. The first-order chi connectivity index (χ1) is 21.3. The van der Waals surface area contributed by atoms with Crippen LogP contribution in [-0.4, -0.2) is 109 Å². The van der Waals surface area contributed by atoms with Crippen LogP contribution < -0.4 is 17.0 Å². The fourth-order valence-electron chi connectivity index (χ4n) is 5.32. The lowest BCUT2D eigenvalue weighted by molar-refractivity contribution is -0.0637. The normalized spacial score (nSPS) is 37.7. The number of phosphoric ester groups is 2. The van der Waals surface area contributed by atoms with Crippen molar-refractivity contribution >= 4 is 44.2 Å². The monoisotopic (exact) mass is 674 g/mol. The van der Waals surface area contributed by atoms with Crippen LogP contribution in [0.1, 0.15) is 18.0 Å². The molecule has 4 aromatic heterocycles. The number of anilines is 2. The van der Waals surface area contributed by atoms with Crippen LogP contribution >= 0.6 is 15.6 Å². The molecule has 0 aromatic carbocycles. The predicted octanol–water partition coefficient (Wildman–Crippen LogP) is -2.50. The lowest BCUT2D eigenvalue weighted by Gasteiger charge is -2.25. The van der Waals surface area contributed by atoms with Crippen LogP contribution in [0.2, 0.25) is 0 Å². The maximum absolute atomic E-state index is 13.2. The Bertz CT molecular complexity index is 1940. The second-order valence-electron chi connectivity index (χ2n) is 10.1. The molecule has 25 heteroatoms. The van der Waals surface area contributed by atoms with Crippen molar-refractivity contribution in [3.8, 4) is 0 Å². The van der Waals surface area contributed by atoms with Gasteiger partial charge in [-0.2, -0.15) is 10.1 Å². The van der Waals surface area contributed by atoms with E-state index < -0.39 is 83.4 Å². The van der Waals surface area contributed by atoms with Gasteiger partial charge in [-0.25, -0.2) is 28.6 Å². The number of nitrogen functional groups attached to an aromatic ring is 2. The molecule has 3 aliphatic rings. The number of aromatic amines is 1. The van der Waals surface area contributed by atoms with Crippen molar-refractivity contribution < 1.29 is 56.7 Å². The number of nitrogens with two attached hydrogens (primary N) is 2. The summed E-state index contributed by atoms with van der Waals surface area (Å²) in [5.74, 6) is -0.266. The van der Waals surface area contributed by atoms with Gasteiger partial charge in [-0.3, -0.25) is 32.4 Å². The molecule has 7 rings (SSSR count). The molecule has 0 amide bonds. The summed E-state index contributed by atoms with van der Waals surface area (Å²) in [6, 6.07) is 0. The molecule has 0 aliphatic carbocycles. The number of phosphoric acid groups is 2. The Balaban J connectivity index is 1.21. The maximum atomic E-state index is 13.2. The average Bonchev–Trinajstić information content (AvgIpc) is 3.72. The topological polar surface area (TPSA) is 329 Å². The summed E-state index contributed by atoms with van der Waals surface area (Å²) < 4.78 is 61.0. The van der Waals surface area contributed by atoms with Crippen LogP contribution in [0.4, 0.5) is 11.8 Å². The van der Waals surface area contributed by atoms with Crippen LogP contribution in [0, 0.1) is 0 Å². The summed E-state index contributed by atoms with van der Waals surface area (Å²) in [6.45, 7) is -1.65. The van der Waals surface area contributed by atoms with Gasteiger partial charge in [0.25, 0.3) is 5.56 Å². The Kier molecular flexibility index (Phi) is 7.27. The third-order valence-corrected chi connectivity index (χ3v) is 9.31. The minimum atomic E-state index is -5.11. The Morgan fingerprint density at radius 1 is 0.933 bits per heavy atom. The van der Waals surface area contributed by atoms with Gasteiger partial charge < -0.3 is 40.9 Å². The minimum absolute atomic E-state index is 0.0181. The van der Waals surface area contributed by atoms with Gasteiger partial charge in [0.2, 0.25) is 5.95 Å². The van der Waals surface area contributed by atoms with E-state index in [0.29, 0.717) is 0 Å². The van der Waals surface area contributed by atoms with E-state index >= 15 is 0 Å². The third kappa shape index (κ3) is 5.31. The number of imidazole rings is 2. The zero-order valence-corrected chi connectivity index (χ0v) is 24.2. The standard InChI is InChI=1S/C20H24N10O13P2/c21-15-17-23-1-6(30(17)26-4-24-15)12-11(32)13-8(40-12)3-39-45(36,37)43-14-10(31)7(2-38-44(34,35)42-13)41-19(14)29-5-25-9-16(29)27-20(22)28-18(9)33/h1,4-5,7-8,10-14,19,31-32H,2-3H2,(H,34,35)(H,36,37)(H2,21,24,26)(H3,22,27,28,33). The zero-order valence-electron chi connectivity index (χ0n) is 22.4. The van der Waals surface area contributed by atoms with E-state index in [-0.39, 0.29) is 34.3 Å². The van der Waals surface area contributed by atoms with E-state index in [4.69, 9.17) is 39.0 Å². The van der Waals surface area contributed by atoms with Crippen LogP contribution in [0.5, 0.6) is 0 Å². The molecule has 9 N–H and O–H groups in total. The second-order valence-corrected chi connectivity index (χ2v) is 13.0. The number of hydrogen-bond acceptors (Lipinski definition) is 18. The Morgan fingerprint density at radius 3 is 2.40 bits per heavy atom. The first kappa shape index (κ1) is 30.2. The number of aliphatic hydroxyl groups is 2. The summed E-state index contributed by atoms with van der Waals surface area (Å²) >= 11 is 0. The average molecular weight is 674 g/mol. The molecule has 0 radical (unpaired) electrons. The van der Waals surface area contributed by atoms with Crippen molar-refractivity contribution in [2.24, 2.45) is 0 Å². The van der Waals surface area contributed by atoms with E-state index in [0.717, 1.165) is 17.2 Å². The van der Waals surface area contributed by atoms with Gasteiger partial charge in [0.1, 0.15) is 49.1 Å². The van der Waals surface area contributed by atoms with Gasteiger partial charge in [-0.05, 0) is 0 Å². The predicted molar refractivity (Wildman–Crippen MR) is 143 cm³/mol. The Morgan fingerprint density at radius 2 is 1.64 bits per heavy atom. The van der Waals surface area contributed by atoms with Gasteiger partial charge in [0.15, 0.2) is 28.9 Å². The van der Waals surface area contributed by atoms with Crippen LogP contribution in [0.25, 0.3) is 16.8 Å². The summed E-state index contributed by atoms with van der Waals surface area (Å²) in [7, 11) is -10.2. The molecule has 7 heterocycles. The smallest absolute Gasteiger partial charge is 0.387 e. The van der Waals surface area contributed by atoms with Crippen molar-refractivity contribution in [3.63, 3.8) is 0 Å². The van der Waals surface area contributed by atoms with E-state index in [1.54, 1.807) is 0 Å². The van der Waals surface area contributed by atoms with Crippen LogP contribution in [-0.2, 0) is 36.7 Å². The molecule has 242 valence electrons. The molecular formula is C20H24N10O13P2.